The monoisotopic (exact) mass is 341 g/mol. The minimum Gasteiger partial charge on any atom is -0.455 e. The fourth-order valence-corrected chi connectivity index (χ4v) is 2.32. The first kappa shape index (κ1) is 16.1. The molecule has 0 radical (unpaired) electrons. The Morgan fingerprint density at radius 1 is 1.25 bits per heavy atom. The third kappa shape index (κ3) is 3.75. The summed E-state index contributed by atoms with van der Waals surface area (Å²) in [5.74, 6) is 0.922. The molecule has 1 N–H and O–H groups in total. The van der Waals surface area contributed by atoms with Crippen molar-refractivity contribution in [2.75, 3.05) is 5.32 Å². The number of halogens is 1. The molecule has 3 rings (SSSR count). The van der Waals surface area contributed by atoms with Crippen molar-refractivity contribution in [2.24, 2.45) is 0 Å². The Kier molecular flexibility index (Phi) is 4.82. The van der Waals surface area contributed by atoms with Gasteiger partial charge in [-0.15, -0.1) is 0 Å². The maximum atomic E-state index is 12.4. The molecule has 0 aliphatic carbocycles. The Morgan fingerprint density at radius 3 is 2.75 bits per heavy atom. The number of aryl methyl sites for hydroxylation is 1. The van der Waals surface area contributed by atoms with Crippen molar-refractivity contribution in [3.05, 3.63) is 71.5 Å². The van der Waals surface area contributed by atoms with E-state index in [1.165, 1.54) is 6.20 Å². The zero-order valence-corrected chi connectivity index (χ0v) is 13.8. The second-order valence-electron chi connectivity index (χ2n) is 5.09. The number of ether oxygens (including phenoxy) is 1. The molecule has 2 aromatic carbocycles. The van der Waals surface area contributed by atoms with E-state index in [2.05, 4.69) is 10.4 Å². The molecule has 0 aliphatic rings. The highest BCUT2D eigenvalue weighted by molar-refractivity contribution is 6.31. The van der Waals surface area contributed by atoms with E-state index in [-0.39, 0.29) is 5.91 Å². The average molecular weight is 342 g/mol. The van der Waals surface area contributed by atoms with Crippen LogP contribution >= 0.6 is 11.6 Å². The molecule has 0 bridgehead atoms. The summed E-state index contributed by atoms with van der Waals surface area (Å²) in [6.45, 7) is 2.66. The highest BCUT2D eigenvalue weighted by atomic mass is 35.5. The smallest absolute Gasteiger partial charge is 0.258 e. The van der Waals surface area contributed by atoms with Crippen molar-refractivity contribution >= 4 is 23.2 Å². The first-order valence-electron chi connectivity index (χ1n) is 7.52. The van der Waals surface area contributed by atoms with Crippen LogP contribution in [0.1, 0.15) is 17.3 Å². The van der Waals surface area contributed by atoms with Crippen LogP contribution < -0.4 is 10.1 Å². The first-order chi connectivity index (χ1) is 11.7. The van der Waals surface area contributed by atoms with E-state index >= 15 is 0 Å². The number of amides is 1. The van der Waals surface area contributed by atoms with Crippen LogP contribution in [-0.2, 0) is 6.54 Å². The van der Waals surface area contributed by atoms with Crippen LogP contribution in [0.2, 0.25) is 5.02 Å². The lowest BCUT2D eigenvalue weighted by atomic mass is 10.2. The normalized spacial score (nSPS) is 10.4. The highest BCUT2D eigenvalue weighted by Gasteiger charge is 2.13. The summed E-state index contributed by atoms with van der Waals surface area (Å²) in [4.78, 5) is 12.4. The fraction of sp³-hybridized carbons (Fsp3) is 0.111. The molecule has 6 heteroatoms. The Hall–Kier alpha value is -2.79. The summed E-state index contributed by atoms with van der Waals surface area (Å²) in [5, 5.41) is 7.44. The number of carbonyl (C=O) groups is 1. The number of anilines is 1. The standard InChI is InChI=1S/C18H16ClN3O2/c1-2-22-12-13(11-20-22)18(23)21-16-10-14(19)8-9-17(16)24-15-6-4-3-5-7-15/h3-12H,2H2,1H3,(H,21,23). The van der Waals surface area contributed by atoms with E-state index in [4.69, 9.17) is 16.3 Å². The summed E-state index contributed by atoms with van der Waals surface area (Å²) in [6, 6.07) is 14.4. The van der Waals surface area contributed by atoms with Gasteiger partial charge in [0, 0.05) is 17.8 Å². The predicted octanol–water partition coefficient (Wildman–Crippen LogP) is 4.60. The summed E-state index contributed by atoms with van der Waals surface area (Å²) in [7, 11) is 0. The minimum absolute atomic E-state index is 0.269. The molecule has 0 fully saturated rings. The van der Waals surface area contributed by atoms with Crippen molar-refractivity contribution in [3.63, 3.8) is 0 Å². The van der Waals surface area contributed by atoms with Crippen molar-refractivity contribution in [1.29, 1.82) is 0 Å². The molecule has 3 aromatic rings. The van der Waals surface area contributed by atoms with Crippen LogP contribution in [0.25, 0.3) is 0 Å². The number of para-hydroxylation sites is 1. The topological polar surface area (TPSA) is 56.2 Å². The van der Waals surface area contributed by atoms with E-state index < -0.39 is 0 Å². The molecular weight excluding hydrogens is 326 g/mol. The Bertz CT molecular complexity index is 846. The Balaban J connectivity index is 1.83. The Morgan fingerprint density at radius 2 is 2.04 bits per heavy atom. The number of nitrogens with zero attached hydrogens (tertiary/aromatic N) is 2. The predicted molar refractivity (Wildman–Crippen MR) is 93.8 cm³/mol. The Labute approximate surface area is 144 Å². The van der Waals surface area contributed by atoms with Gasteiger partial charge in [0.15, 0.2) is 5.75 Å². The summed E-state index contributed by atoms with van der Waals surface area (Å²) in [6.07, 6.45) is 3.22. The van der Waals surface area contributed by atoms with Gasteiger partial charge in [-0.2, -0.15) is 5.10 Å². The van der Waals surface area contributed by atoms with E-state index in [1.807, 2.05) is 37.3 Å². The molecule has 0 aliphatic heterocycles. The third-order valence-electron chi connectivity index (χ3n) is 3.38. The third-order valence-corrected chi connectivity index (χ3v) is 3.62. The van der Waals surface area contributed by atoms with Gasteiger partial charge in [-0.05, 0) is 37.3 Å². The second-order valence-corrected chi connectivity index (χ2v) is 5.53. The second kappa shape index (κ2) is 7.19. The lowest BCUT2D eigenvalue weighted by Gasteiger charge is -2.12. The maximum absolute atomic E-state index is 12.4. The van der Waals surface area contributed by atoms with Gasteiger partial charge in [0.25, 0.3) is 5.91 Å². The highest BCUT2D eigenvalue weighted by Crippen LogP contribution is 2.32. The largest absolute Gasteiger partial charge is 0.455 e. The summed E-state index contributed by atoms with van der Waals surface area (Å²) < 4.78 is 7.52. The van der Waals surface area contributed by atoms with Gasteiger partial charge in [0.05, 0.1) is 17.4 Å². The van der Waals surface area contributed by atoms with Crippen molar-refractivity contribution in [1.82, 2.24) is 9.78 Å². The number of rotatable bonds is 5. The molecular formula is C18H16ClN3O2. The first-order valence-corrected chi connectivity index (χ1v) is 7.90. The molecule has 0 unspecified atom stereocenters. The van der Waals surface area contributed by atoms with Crippen molar-refractivity contribution in [3.8, 4) is 11.5 Å². The van der Waals surface area contributed by atoms with Crippen LogP contribution in [0.5, 0.6) is 11.5 Å². The van der Waals surface area contributed by atoms with E-state index in [1.54, 1.807) is 29.1 Å². The lowest BCUT2D eigenvalue weighted by molar-refractivity contribution is 0.102. The number of carbonyl (C=O) groups excluding carboxylic acids is 1. The molecule has 5 nitrogen and oxygen atoms in total. The van der Waals surface area contributed by atoms with Crippen LogP contribution in [0.3, 0.4) is 0 Å². The molecule has 122 valence electrons. The van der Waals surface area contributed by atoms with Crippen LogP contribution in [0, 0.1) is 0 Å². The zero-order chi connectivity index (χ0) is 16.9. The van der Waals surface area contributed by atoms with Crippen LogP contribution in [-0.4, -0.2) is 15.7 Å². The summed E-state index contributed by atoms with van der Waals surface area (Å²) in [5.41, 5.74) is 0.975. The molecule has 24 heavy (non-hydrogen) atoms. The van der Waals surface area contributed by atoms with Gasteiger partial charge in [0.1, 0.15) is 5.75 Å². The van der Waals surface area contributed by atoms with Crippen LogP contribution in [0.15, 0.2) is 60.9 Å². The molecule has 0 atom stereocenters. The lowest BCUT2D eigenvalue weighted by Crippen LogP contribution is -2.12. The fourth-order valence-electron chi connectivity index (χ4n) is 2.15. The van der Waals surface area contributed by atoms with Gasteiger partial charge < -0.3 is 10.1 Å². The van der Waals surface area contributed by atoms with E-state index in [9.17, 15) is 4.79 Å². The quantitative estimate of drug-likeness (QED) is 0.737. The van der Waals surface area contributed by atoms with E-state index in [0.29, 0.717) is 34.3 Å². The van der Waals surface area contributed by atoms with Gasteiger partial charge >= 0.3 is 0 Å². The van der Waals surface area contributed by atoms with Crippen LogP contribution in [0.4, 0.5) is 5.69 Å². The van der Waals surface area contributed by atoms with E-state index in [0.717, 1.165) is 0 Å². The van der Waals surface area contributed by atoms with Gasteiger partial charge in [-0.1, -0.05) is 29.8 Å². The number of aromatic nitrogens is 2. The summed E-state index contributed by atoms with van der Waals surface area (Å²) >= 11 is 6.05. The molecule has 0 spiro atoms. The number of benzene rings is 2. The number of hydrogen-bond acceptors (Lipinski definition) is 3. The molecule has 1 aromatic heterocycles. The van der Waals surface area contributed by atoms with Crippen molar-refractivity contribution < 1.29 is 9.53 Å². The average Bonchev–Trinajstić information content (AvgIpc) is 3.07. The molecule has 1 heterocycles. The van der Waals surface area contributed by atoms with Gasteiger partial charge in [-0.3, -0.25) is 9.48 Å². The minimum atomic E-state index is -0.269. The maximum Gasteiger partial charge on any atom is 0.258 e. The van der Waals surface area contributed by atoms with Crippen molar-refractivity contribution in [2.45, 2.75) is 13.5 Å². The number of hydrogen-bond donors (Lipinski definition) is 1. The molecule has 0 saturated carbocycles. The molecule has 0 saturated heterocycles. The molecule has 1 amide bonds. The number of nitrogens with one attached hydrogen (secondary N) is 1. The zero-order valence-electron chi connectivity index (χ0n) is 13.1. The SMILES string of the molecule is CCn1cc(C(=O)Nc2cc(Cl)ccc2Oc2ccccc2)cn1. The van der Waals surface area contributed by atoms with Gasteiger partial charge in [0.2, 0.25) is 0 Å². The van der Waals surface area contributed by atoms with Gasteiger partial charge in [-0.25, -0.2) is 0 Å².